The highest BCUT2D eigenvalue weighted by Gasteiger charge is 2.10. The maximum atomic E-state index is 8.81. The molecule has 3 rings (SSSR count). The minimum Gasteiger partial charge on any atom is -0.497 e. The summed E-state index contributed by atoms with van der Waals surface area (Å²) in [5.74, 6) is 0.830. The second kappa shape index (κ2) is 14.1. The SMILES string of the molecule is CC.COc1ccc2nc3cc(Cl)ccc3c(NCCCCCCCCCCO)c2c1. The van der Waals surface area contributed by atoms with Gasteiger partial charge in [-0.3, -0.25) is 0 Å². The summed E-state index contributed by atoms with van der Waals surface area (Å²) in [6.45, 7) is 5.25. The predicted molar refractivity (Wildman–Crippen MR) is 135 cm³/mol. The number of aliphatic hydroxyl groups excluding tert-OH is 1. The topological polar surface area (TPSA) is 54.4 Å². The third kappa shape index (κ3) is 7.55. The highest BCUT2D eigenvalue weighted by atomic mass is 35.5. The average Bonchev–Trinajstić information content (AvgIpc) is 2.80. The van der Waals surface area contributed by atoms with Crippen LogP contribution >= 0.6 is 11.6 Å². The lowest BCUT2D eigenvalue weighted by molar-refractivity contribution is 0.282. The number of aromatic nitrogens is 1. The number of hydrogen-bond donors (Lipinski definition) is 2. The molecule has 0 bridgehead atoms. The maximum Gasteiger partial charge on any atom is 0.119 e. The van der Waals surface area contributed by atoms with Crippen LogP contribution in [0.25, 0.3) is 21.8 Å². The number of unbranched alkanes of at least 4 members (excludes halogenated alkanes) is 7. The third-order valence-corrected chi connectivity index (χ3v) is 5.56. The van der Waals surface area contributed by atoms with E-state index in [1.54, 1.807) is 7.11 Å². The minimum atomic E-state index is 0.322. The van der Waals surface area contributed by atoms with Crippen molar-refractivity contribution >= 4 is 39.1 Å². The molecular formula is C26H37ClN2O2. The number of aliphatic hydroxyl groups is 1. The average molecular weight is 445 g/mol. The van der Waals surface area contributed by atoms with Crippen molar-refractivity contribution < 1.29 is 9.84 Å². The fourth-order valence-corrected chi connectivity index (χ4v) is 3.89. The highest BCUT2D eigenvalue weighted by molar-refractivity contribution is 6.31. The maximum absolute atomic E-state index is 8.81. The van der Waals surface area contributed by atoms with Gasteiger partial charge in [0.2, 0.25) is 0 Å². The van der Waals surface area contributed by atoms with Crippen LogP contribution in [0.3, 0.4) is 0 Å². The number of ether oxygens (including phenoxy) is 1. The van der Waals surface area contributed by atoms with Crippen molar-refractivity contribution in [2.24, 2.45) is 0 Å². The van der Waals surface area contributed by atoms with Gasteiger partial charge in [0.15, 0.2) is 0 Å². The van der Waals surface area contributed by atoms with E-state index in [2.05, 4.69) is 5.32 Å². The van der Waals surface area contributed by atoms with Crippen LogP contribution in [-0.4, -0.2) is 30.4 Å². The molecule has 170 valence electrons. The number of halogens is 1. The molecule has 0 saturated carbocycles. The summed E-state index contributed by atoms with van der Waals surface area (Å²) in [7, 11) is 1.69. The van der Waals surface area contributed by atoms with Crippen LogP contribution in [0.1, 0.15) is 65.2 Å². The van der Waals surface area contributed by atoms with Gasteiger partial charge in [-0.2, -0.15) is 0 Å². The highest BCUT2D eigenvalue weighted by Crippen LogP contribution is 2.34. The number of fused-ring (bicyclic) bond motifs is 2. The number of rotatable bonds is 12. The van der Waals surface area contributed by atoms with E-state index in [0.717, 1.165) is 59.0 Å². The molecule has 31 heavy (non-hydrogen) atoms. The predicted octanol–water partition coefficient (Wildman–Crippen LogP) is 7.60. The Labute approximate surface area is 192 Å². The quantitative estimate of drug-likeness (QED) is 0.223. The Bertz CT molecular complexity index is 930. The molecule has 0 radical (unpaired) electrons. The molecule has 5 heteroatoms. The molecule has 1 aromatic heterocycles. The Morgan fingerprint density at radius 2 is 1.52 bits per heavy atom. The van der Waals surface area contributed by atoms with E-state index < -0.39 is 0 Å². The molecule has 0 saturated heterocycles. The van der Waals surface area contributed by atoms with Crippen LogP contribution in [0.2, 0.25) is 5.02 Å². The van der Waals surface area contributed by atoms with Crippen LogP contribution in [0, 0.1) is 0 Å². The number of methoxy groups -OCH3 is 1. The number of hydrogen-bond acceptors (Lipinski definition) is 4. The van der Waals surface area contributed by atoms with E-state index >= 15 is 0 Å². The van der Waals surface area contributed by atoms with Gasteiger partial charge in [-0.1, -0.05) is 64.0 Å². The summed E-state index contributed by atoms with van der Waals surface area (Å²) in [5.41, 5.74) is 2.94. The molecule has 0 aliphatic heterocycles. The molecule has 0 spiro atoms. The number of nitrogens with zero attached hydrogens (tertiary/aromatic N) is 1. The van der Waals surface area contributed by atoms with E-state index in [9.17, 15) is 0 Å². The lowest BCUT2D eigenvalue weighted by atomic mass is 10.1. The van der Waals surface area contributed by atoms with Crippen molar-refractivity contribution in [3.63, 3.8) is 0 Å². The van der Waals surface area contributed by atoms with Crippen molar-refractivity contribution in [1.29, 1.82) is 0 Å². The summed E-state index contributed by atoms with van der Waals surface area (Å²) in [4.78, 5) is 4.78. The van der Waals surface area contributed by atoms with Crippen molar-refractivity contribution in [3.8, 4) is 5.75 Å². The van der Waals surface area contributed by atoms with Crippen LogP contribution < -0.4 is 10.1 Å². The second-order valence-corrected chi connectivity index (χ2v) is 7.95. The molecule has 0 atom stereocenters. The van der Waals surface area contributed by atoms with E-state index in [-0.39, 0.29) is 0 Å². The second-order valence-electron chi connectivity index (χ2n) is 7.51. The molecule has 0 unspecified atom stereocenters. The minimum absolute atomic E-state index is 0.322. The van der Waals surface area contributed by atoms with E-state index in [1.807, 2.05) is 50.2 Å². The van der Waals surface area contributed by atoms with Gasteiger partial charge in [-0.05, 0) is 49.2 Å². The number of nitrogens with one attached hydrogen (secondary N) is 1. The molecule has 1 heterocycles. The molecule has 0 amide bonds. The third-order valence-electron chi connectivity index (χ3n) is 5.33. The van der Waals surface area contributed by atoms with Crippen LogP contribution in [0.5, 0.6) is 5.75 Å². The van der Waals surface area contributed by atoms with Gasteiger partial charge in [0.1, 0.15) is 5.75 Å². The summed E-state index contributed by atoms with van der Waals surface area (Å²) < 4.78 is 5.42. The van der Waals surface area contributed by atoms with Crippen molar-refractivity contribution in [1.82, 2.24) is 4.98 Å². The molecule has 2 aromatic carbocycles. The fourth-order valence-electron chi connectivity index (χ4n) is 3.72. The van der Waals surface area contributed by atoms with Crippen molar-refractivity contribution in [2.45, 2.75) is 65.2 Å². The lowest BCUT2D eigenvalue weighted by Gasteiger charge is -2.14. The lowest BCUT2D eigenvalue weighted by Crippen LogP contribution is -2.04. The van der Waals surface area contributed by atoms with Crippen molar-refractivity contribution in [2.75, 3.05) is 25.6 Å². The van der Waals surface area contributed by atoms with E-state index in [4.69, 9.17) is 26.4 Å². The van der Waals surface area contributed by atoms with Crippen LogP contribution in [0.15, 0.2) is 36.4 Å². The Hall–Kier alpha value is -2.04. The van der Waals surface area contributed by atoms with Crippen molar-refractivity contribution in [3.05, 3.63) is 41.4 Å². The first-order valence-electron chi connectivity index (χ1n) is 11.6. The first kappa shape index (κ1) is 25.2. The number of pyridine rings is 1. The first-order chi connectivity index (χ1) is 15.2. The number of benzene rings is 2. The Kier molecular flexibility index (Phi) is 11.5. The normalized spacial score (nSPS) is 10.7. The van der Waals surface area contributed by atoms with Gasteiger partial charge in [0.05, 0.1) is 23.8 Å². The molecule has 2 N–H and O–H groups in total. The summed E-state index contributed by atoms with van der Waals surface area (Å²) in [6, 6.07) is 11.9. The zero-order valence-electron chi connectivity index (χ0n) is 19.2. The van der Waals surface area contributed by atoms with Crippen LogP contribution in [-0.2, 0) is 0 Å². The Morgan fingerprint density at radius 1 is 0.839 bits per heavy atom. The zero-order chi connectivity index (χ0) is 22.5. The fraction of sp³-hybridized carbons (Fsp3) is 0.500. The molecular weight excluding hydrogens is 408 g/mol. The van der Waals surface area contributed by atoms with Gasteiger partial charge in [0, 0.05) is 28.9 Å². The molecule has 0 fully saturated rings. The molecule has 0 aliphatic carbocycles. The van der Waals surface area contributed by atoms with E-state index in [1.165, 1.54) is 32.1 Å². The summed E-state index contributed by atoms with van der Waals surface area (Å²) in [6.07, 6.45) is 9.50. The molecule has 0 aliphatic rings. The summed E-state index contributed by atoms with van der Waals surface area (Å²) >= 11 is 6.19. The van der Waals surface area contributed by atoms with Gasteiger partial charge in [-0.15, -0.1) is 0 Å². The summed E-state index contributed by atoms with van der Waals surface area (Å²) in [5, 5.41) is 15.3. The van der Waals surface area contributed by atoms with Gasteiger partial charge in [-0.25, -0.2) is 4.98 Å². The first-order valence-corrected chi connectivity index (χ1v) is 12.0. The largest absolute Gasteiger partial charge is 0.497 e. The smallest absolute Gasteiger partial charge is 0.119 e. The number of anilines is 1. The molecule has 4 nitrogen and oxygen atoms in total. The Balaban J connectivity index is 0.00000166. The standard InChI is InChI=1S/C24H31ClN2O2.C2H6/c1-29-19-11-13-22-21(17-19)24(20-12-10-18(25)16-23(20)27-22)26-14-8-6-4-2-3-5-7-9-15-28;1-2/h10-13,16-17,28H,2-9,14-15H2,1H3,(H,26,27);1-2H3. The van der Waals surface area contributed by atoms with E-state index in [0.29, 0.717) is 11.6 Å². The zero-order valence-corrected chi connectivity index (χ0v) is 20.0. The monoisotopic (exact) mass is 444 g/mol. The Morgan fingerprint density at radius 3 is 2.19 bits per heavy atom. The van der Waals surface area contributed by atoms with Gasteiger partial charge >= 0.3 is 0 Å². The van der Waals surface area contributed by atoms with Gasteiger partial charge in [0.25, 0.3) is 0 Å². The van der Waals surface area contributed by atoms with Crippen LogP contribution in [0.4, 0.5) is 5.69 Å². The van der Waals surface area contributed by atoms with Gasteiger partial charge < -0.3 is 15.2 Å². The molecule has 3 aromatic rings.